The number of hydrogen-bond donors (Lipinski definition) is 2. The summed E-state index contributed by atoms with van der Waals surface area (Å²) in [7, 11) is 1.74. The van der Waals surface area contributed by atoms with Crippen molar-refractivity contribution >= 4 is 5.69 Å². The maximum Gasteiger partial charge on any atom is 0.272 e. The largest absolute Gasteiger partial charge is 0.491 e. The third-order valence-electron chi connectivity index (χ3n) is 2.25. The second-order valence-corrected chi connectivity index (χ2v) is 3.73. The van der Waals surface area contributed by atoms with Gasteiger partial charge in [-0.1, -0.05) is 0 Å². The molecule has 0 radical (unpaired) electrons. The van der Waals surface area contributed by atoms with Gasteiger partial charge in [-0.15, -0.1) is 0 Å². The molecule has 6 heteroatoms. The molecule has 1 unspecified atom stereocenters. The molecule has 0 saturated carbocycles. The van der Waals surface area contributed by atoms with Crippen LogP contribution in [0.25, 0.3) is 0 Å². The molecule has 0 bridgehead atoms. The predicted molar refractivity (Wildman–Crippen MR) is 63.3 cm³/mol. The summed E-state index contributed by atoms with van der Waals surface area (Å²) in [5.74, 6) is 0.517. The zero-order chi connectivity index (χ0) is 12.8. The summed E-state index contributed by atoms with van der Waals surface area (Å²) in [6, 6.07) is 4.51. The van der Waals surface area contributed by atoms with Crippen LogP contribution in [0.2, 0.25) is 0 Å². The van der Waals surface area contributed by atoms with Gasteiger partial charge in [-0.25, -0.2) is 0 Å². The molecule has 0 spiro atoms. The van der Waals surface area contributed by atoms with Crippen molar-refractivity contribution in [3.05, 3.63) is 33.9 Å². The van der Waals surface area contributed by atoms with Crippen molar-refractivity contribution in [1.29, 1.82) is 0 Å². The van der Waals surface area contributed by atoms with E-state index in [9.17, 15) is 15.2 Å². The maximum atomic E-state index is 10.6. The number of nitro benzene ring substituents is 1. The van der Waals surface area contributed by atoms with E-state index in [2.05, 4.69) is 5.32 Å². The molecule has 17 heavy (non-hydrogen) atoms. The van der Waals surface area contributed by atoms with Crippen molar-refractivity contribution in [3.63, 3.8) is 0 Å². The minimum absolute atomic E-state index is 0.0631. The van der Waals surface area contributed by atoms with Gasteiger partial charge in [-0.3, -0.25) is 10.1 Å². The Balaban J connectivity index is 2.62. The van der Waals surface area contributed by atoms with E-state index >= 15 is 0 Å². The number of nitrogens with one attached hydrogen (secondary N) is 1. The number of nitro groups is 1. The number of aliphatic hydroxyl groups excluding tert-OH is 1. The van der Waals surface area contributed by atoms with Crippen molar-refractivity contribution in [2.75, 3.05) is 20.2 Å². The minimum atomic E-state index is -0.601. The number of aliphatic hydroxyl groups is 1. The highest BCUT2D eigenvalue weighted by Crippen LogP contribution is 2.22. The van der Waals surface area contributed by atoms with E-state index in [1.165, 1.54) is 12.1 Å². The Labute approximate surface area is 99.4 Å². The Morgan fingerprint density at radius 1 is 1.59 bits per heavy atom. The summed E-state index contributed by atoms with van der Waals surface area (Å²) in [6.45, 7) is 2.24. The van der Waals surface area contributed by atoms with E-state index < -0.39 is 11.0 Å². The molecule has 0 fully saturated rings. The molecule has 0 aliphatic carbocycles. The molecule has 1 aromatic rings. The molecular weight excluding hydrogens is 224 g/mol. The van der Waals surface area contributed by atoms with Gasteiger partial charge in [0.2, 0.25) is 0 Å². The van der Waals surface area contributed by atoms with Gasteiger partial charge >= 0.3 is 0 Å². The Morgan fingerprint density at radius 3 is 2.82 bits per heavy atom. The van der Waals surface area contributed by atoms with Gasteiger partial charge in [0, 0.05) is 18.2 Å². The van der Waals surface area contributed by atoms with Crippen LogP contribution in [0.4, 0.5) is 5.69 Å². The monoisotopic (exact) mass is 240 g/mol. The van der Waals surface area contributed by atoms with Crippen LogP contribution in [-0.2, 0) is 0 Å². The number of rotatable bonds is 6. The van der Waals surface area contributed by atoms with E-state index in [0.717, 1.165) is 0 Å². The van der Waals surface area contributed by atoms with Crippen molar-refractivity contribution in [2.45, 2.75) is 13.0 Å². The molecule has 0 aliphatic heterocycles. The molecule has 0 saturated heterocycles. The van der Waals surface area contributed by atoms with Crippen LogP contribution >= 0.6 is 0 Å². The van der Waals surface area contributed by atoms with Gasteiger partial charge in [-0.05, 0) is 26.1 Å². The van der Waals surface area contributed by atoms with E-state index in [1.54, 1.807) is 20.0 Å². The first-order valence-electron chi connectivity index (χ1n) is 5.25. The van der Waals surface area contributed by atoms with Gasteiger partial charge in [0.15, 0.2) is 0 Å². The van der Waals surface area contributed by atoms with E-state index in [1.807, 2.05) is 0 Å². The molecule has 0 heterocycles. The summed E-state index contributed by atoms with van der Waals surface area (Å²) in [6.07, 6.45) is -0.601. The molecule has 0 amide bonds. The van der Waals surface area contributed by atoms with Crippen LogP contribution in [-0.4, -0.2) is 36.3 Å². The highest BCUT2D eigenvalue weighted by molar-refractivity contribution is 5.44. The lowest BCUT2D eigenvalue weighted by Gasteiger charge is -2.12. The summed E-state index contributed by atoms with van der Waals surface area (Å²) < 4.78 is 5.32. The third-order valence-corrected chi connectivity index (χ3v) is 2.25. The van der Waals surface area contributed by atoms with Gasteiger partial charge in [0.25, 0.3) is 5.69 Å². The summed E-state index contributed by atoms with van der Waals surface area (Å²) in [5.41, 5.74) is 0.601. The van der Waals surface area contributed by atoms with Crippen LogP contribution < -0.4 is 10.1 Å². The Kier molecular flexibility index (Phi) is 4.86. The highest BCUT2D eigenvalue weighted by atomic mass is 16.6. The maximum absolute atomic E-state index is 10.6. The Morgan fingerprint density at radius 2 is 2.29 bits per heavy atom. The number of hydrogen-bond acceptors (Lipinski definition) is 5. The minimum Gasteiger partial charge on any atom is -0.491 e. The first-order valence-corrected chi connectivity index (χ1v) is 5.25. The smallest absolute Gasteiger partial charge is 0.272 e. The third kappa shape index (κ3) is 4.01. The van der Waals surface area contributed by atoms with Crippen molar-refractivity contribution in [2.24, 2.45) is 0 Å². The van der Waals surface area contributed by atoms with Gasteiger partial charge in [-0.2, -0.15) is 0 Å². The lowest BCUT2D eigenvalue weighted by molar-refractivity contribution is -0.385. The van der Waals surface area contributed by atoms with E-state index in [-0.39, 0.29) is 12.3 Å². The molecule has 1 aromatic carbocycles. The topological polar surface area (TPSA) is 84.6 Å². The van der Waals surface area contributed by atoms with Gasteiger partial charge < -0.3 is 15.2 Å². The van der Waals surface area contributed by atoms with Crippen LogP contribution in [0, 0.1) is 17.0 Å². The SMILES string of the molecule is CNCC(O)COc1ccc([N+](=O)[O-])c(C)c1. The quantitative estimate of drug-likeness (QED) is 0.569. The average molecular weight is 240 g/mol. The zero-order valence-corrected chi connectivity index (χ0v) is 9.84. The molecule has 94 valence electrons. The number of aryl methyl sites for hydroxylation is 1. The van der Waals surface area contributed by atoms with Crippen molar-refractivity contribution in [1.82, 2.24) is 5.32 Å². The van der Waals surface area contributed by atoms with Gasteiger partial charge in [0.05, 0.1) is 4.92 Å². The van der Waals surface area contributed by atoms with Crippen LogP contribution in [0.5, 0.6) is 5.75 Å². The summed E-state index contributed by atoms with van der Waals surface area (Å²) in [4.78, 5) is 10.2. The Bertz CT molecular complexity index is 395. The molecular formula is C11H16N2O4. The molecule has 1 rings (SSSR count). The molecule has 6 nitrogen and oxygen atoms in total. The zero-order valence-electron chi connectivity index (χ0n) is 9.84. The van der Waals surface area contributed by atoms with Crippen LogP contribution in [0.1, 0.15) is 5.56 Å². The second kappa shape index (κ2) is 6.17. The molecule has 0 aromatic heterocycles. The fourth-order valence-electron chi connectivity index (χ4n) is 1.41. The number of ether oxygens (including phenoxy) is 1. The lowest BCUT2D eigenvalue weighted by atomic mass is 10.2. The Hall–Kier alpha value is -1.66. The van der Waals surface area contributed by atoms with Crippen LogP contribution in [0.15, 0.2) is 18.2 Å². The van der Waals surface area contributed by atoms with E-state index in [4.69, 9.17) is 4.74 Å². The predicted octanol–water partition coefficient (Wildman–Crippen LogP) is 0.862. The van der Waals surface area contributed by atoms with Gasteiger partial charge in [0.1, 0.15) is 18.5 Å². The number of nitrogens with zero attached hydrogens (tertiary/aromatic N) is 1. The van der Waals surface area contributed by atoms with E-state index in [0.29, 0.717) is 17.9 Å². The fraction of sp³-hybridized carbons (Fsp3) is 0.455. The van der Waals surface area contributed by atoms with Crippen molar-refractivity contribution < 1.29 is 14.8 Å². The van der Waals surface area contributed by atoms with Crippen LogP contribution in [0.3, 0.4) is 0 Å². The molecule has 2 N–H and O–H groups in total. The molecule has 1 atom stereocenters. The fourth-order valence-corrected chi connectivity index (χ4v) is 1.41. The number of likely N-dealkylation sites (N-methyl/N-ethyl adjacent to an activating group) is 1. The molecule has 0 aliphatic rings. The summed E-state index contributed by atoms with van der Waals surface area (Å²) in [5, 5.41) is 22.8. The first-order chi connectivity index (χ1) is 8.04. The standard InChI is InChI=1S/C11H16N2O4/c1-8-5-10(3-4-11(8)13(15)16)17-7-9(14)6-12-2/h3-5,9,12,14H,6-7H2,1-2H3. The average Bonchev–Trinajstić information content (AvgIpc) is 2.26. The second-order valence-electron chi connectivity index (χ2n) is 3.73. The summed E-state index contributed by atoms with van der Waals surface area (Å²) >= 11 is 0. The lowest BCUT2D eigenvalue weighted by Crippen LogP contribution is -2.29. The number of benzene rings is 1. The normalized spacial score (nSPS) is 12.2. The highest BCUT2D eigenvalue weighted by Gasteiger charge is 2.11. The van der Waals surface area contributed by atoms with Crippen molar-refractivity contribution in [3.8, 4) is 5.75 Å². The first kappa shape index (κ1) is 13.4.